The molecule has 6 nitrogen and oxygen atoms in total. The van der Waals surface area contributed by atoms with E-state index in [1.165, 1.54) is 18.2 Å². The molecule has 0 saturated carbocycles. The van der Waals surface area contributed by atoms with Crippen LogP contribution in [0.25, 0.3) is 0 Å². The monoisotopic (exact) mass is 288 g/mol. The fourth-order valence-corrected chi connectivity index (χ4v) is 1.67. The number of non-ortho nitro benzene ring substituents is 1. The van der Waals surface area contributed by atoms with Crippen LogP contribution in [0, 0.1) is 34.8 Å². The third-order valence-electron chi connectivity index (χ3n) is 2.57. The highest BCUT2D eigenvalue weighted by molar-refractivity contribution is 5.37. The maximum Gasteiger partial charge on any atom is 0.273 e. The van der Waals surface area contributed by atoms with Crippen LogP contribution in [-0.2, 0) is 0 Å². The van der Waals surface area contributed by atoms with Gasteiger partial charge < -0.3 is 9.84 Å². The van der Waals surface area contributed by atoms with Crippen molar-refractivity contribution in [1.82, 2.24) is 4.90 Å². The second-order valence-corrected chi connectivity index (χ2v) is 4.30. The summed E-state index contributed by atoms with van der Waals surface area (Å²) in [6.07, 6.45) is 9.62. The molecule has 0 radical (unpaired) electrons. The highest BCUT2D eigenvalue weighted by Gasteiger charge is 2.12. The Balaban J connectivity index is 2.51. The van der Waals surface area contributed by atoms with Gasteiger partial charge in [0.05, 0.1) is 24.1 Å². The molecule has 110 valence electrons. The molecule has 6 heteroatoms. The van der Waals surface area contributed by atoms with Crippen molar-refractivity contribution in [2.45, 2.75) is 6.10 Å². The van der Waals surface area contributed by atoms with Crippen LogP contribution in [0.2, 0.25) is 0 Å². The highest BCUT2D eigenvalue weighted by Crippen LogP contribution is 2.19. The van der Waals surface area contributed by atoms with Gasteiger partial charge in [-0.25, -0.2) is 0 Å². The van der Waals surface area contributed by atoms with Gasteiger partial charge in [-0.15, -0.1) is 12.8 Å². The predicted molar refractivity (Wildman–Crippen MR) is 78.7 cm³/mol. The van der Waals surface area contributed by atoms with Crippen molar-refractivity contribution in [1.29, 1.82) is 0 Å². The van der Waals surface area contributed by atoms with Crippen molar-refractivity contribution in [2.24, 2.45) is 0 Å². The van der Waals surface area contributed by atoms with E-state index in [4.69, 9.17) is 17.6 Å². The molecule has 0 aliphatic carbocycles. The quantitative estimate of drug-likeness (QED) is 0.437. The fraction of sp³-hybridized carbons (Fsp3) is 0.333. The topological polar surface area (TPSA) is 75.8 Å². The van der Waals surface area contributed by atoms with E-state index in [0.29, 0.717) is 18.8 Å². The zero-order chi connectivity index (χ0) is 15.7. The molecule has 1 rings (SSSR count). The van der Waals surface area contributed by atoms with Crippen LogP contribution in [-0.4, -0.2) is 47.3 Å². The first-order valence-corrected chi connectivity index (χ1v) is 6.21. The molecule has 0 spiro atoms. The molecule has 21 heavy (non-hydrogen) atoms. The molecule has 1 unspecified atom stereocenters. The lowest BCUT2D eigenvalue weighted by Crippen LogP contribution is -2.36. The van der Waals surface area contributed by atoms with Crippen molar-refractivity contribution in [3.63, 3.8) is 0 Å². The second kappa shape index (κ2) is 8.60. The van der Waals surface area contributed by atoms with E-state index in [2.05, 4.69) is 11.8 Å². The Bertz CT molecular complexity index is 544. The highest BCUT2D eigenvalue weighted by atomic mass is 16.6. The predicted octanol–water partition coefficient (Wildman–Crippen LogP) is 0.903. The summed E-state index contributed by atoms with van der Waals surface area (Å²) in [5, 5.41) is 20.5. The third-order valence-corrected chi connectivity index (χ3v) is 2.57. The molecular weight excluding hydrogens is 272 g/mol. The smallest absolute Gasteiger partial charge is 0.273 e. The Hall–Kier alpha value is -2.54. The molecule has 0 bridgehead atoms. The van der Waals surface area contributed by atoms with Gasteiger partial charge in [0.25, 0.3) is 5.69 Å². The minimum Gasteiger partial charge on any atom is -0.491 e. The number of hydrogen-bond acceptors (Lipinski definition) is 5. The molecule has 0 heterocycles. The van der Waals surface area contributed by atoms with Crippen LogP contribution in [0.1, 0.15) is 0 Å². The number of terminal acetylenes is 2. The maximum absolute atomic E-state index is 10.6. The lowest BCUT2D eigenvalue weighted by Gasteiger charge is -2.20. The number of hydrogen-bond donors (Lipinski definition) is 1. The number of aliphatic hydroxyl groups is 1. The molecule has 0 amide bonds. The fourth-order valence-electron chi connectivity index (χ4n) is 1.67. The lowest BCUT2D eigenvalue weighted by molar-refractivity contribution is -0.384. The number of aliphatic hydroxyl groups excluding tert-OH is 1. The zero-order valence-corrected chi connectivity index (χ0v) is 11.4. The first-order chi connectivity index (χ1) is 10.1. The minimum absolute atomic E-state index is 0.00713. The Labute approximate surface area is 123 Å². The van der Waals surface area contributed by atoms with Crippen LogP contribution in [0.15, 0.2) is 24.3 Å². The van der Waals surface area contributed by atoms with E-state index in [1.807, 2.05) is 0 Å². The molecular formula is C15H16N2O4. The van der Waals surface area contributed by atoms with Crippen molar-refractivity contribution in [3.8, 4) is 30.4 Å². The lowest BCUT2D eigenvalue weighted by atomic mass is 10.3. The van der Waals surface area contributed by atoms with Crippen LogP contribution >= 0.6 is 0 Å². The number of rotatable bonds is 8. The Morgan fingerprint density at radius 3 is 2.62 bits per heavy atom. The van der Waals surface area contributed by atoms with Gasteiger partial charge in [-0.2, -0.15) is 0 Å². The van der Waals surface area contributed by atoms with E-state index in [-0.39, 0.29) is 18.8 Å². The summed E-state index contributed by atoms with van der Waals surface area (Å²) in [6.45, 7) is 0.923. The maximum atomic E-state index is 10.6. The summed E-state index contributed by atoms with van der Waals surface area (Å²) in [5.41, 5.74) is -0.0664. The van der Waals surface area contributed by atoms with Crippen molar-refractivity contribution in [2.75, 3.05) is 26.2 Å². The summed E-state index contributed by atoms with van der Waals surface area (Å²) in [4.78, 5) is 11.9. The standard InChI is InChI=1S/C15H16N2O4/c1-3-8-16(9-4-2)11-14(18)12-21-15-7-5-6-13(10-15)17(19)20/h1-2,5-7,10,14,18H,8-9,11-12H2. The average Bonchev–Trinajstić information content (AvgIpc) is 2.46. The van der Waals surface area contributed by atoms with Crippen molar-refractivity contribution >= 4 is 5.69 Å². The van der Waals surface area contributed by atoms with Crippen molar-refractivity contribution in [3.05, 3.63) is 34.4 Å². The summed E-state index contributed by atoms with van der Waals surface area (Å²) < 4.78 is 5.33. The first kappa shape index (κ1) is 16.5. The van der Waals surface area contributed by atoms with E-state index < -0.39 is 11.0 Å². The van der Waals surface area contributed by atoms with Crippen LogP contribution in [0.5, 0.6) is 5.75 Å². The Morgan fingerprint density at radius 2 is 2.05 bits per heavy atom. The van der Waals surface area contributed by atoms with Gasteiger partial charge in [0, 0.05) is 12.6 Å². The SMILES string of the molecule is C#CCN(CC#C)CC(O)COc1cccc([N+](=O)[O-])c1. The van der Waals surface area contributed by atoms with Gasteiger partial charge in [0.2, 0.25) is 0 Å². The summed E-state index contributed by atoms with van der Waals surface area (Å²) in [6, 6.07) is 5.77. The minimum atomic E-state index is -0.800. The normalized spacial score (nSPS) is 11.4. The number of nitrogens with zero attached hydrogens (tertiary/aromatic N) is 2. The van der Waals surface area contributed by atoms with Gasteiger partial charge in [0.1, 0.15) is 18.5 Å². The van der Waals surface area contributed by atoms with E-state index in [0.717, 1.165) is 0 Å². The van der Waals surface area contributed by atoms with Crippen LogP contribution in [0.3, 0.4) is 0 Å². The Morgan fingerprint density at radius 1 is 1.38 bits per heavy atom. The largest absolute Gasteiger partial charge is 0.491 e. The third kappa shape index (κ3) is 5.96. The van der Waals surface area contributed by atoms with Gasteiger partial charge in [0.15, 0.2) is 0 Å². The molecule has 1 aromatic carbocycles. The summed E-state index contributed by atoms with van der Waals surface area (Å²) in [7, 11) is 0. The van der Waals surface area contributed by atoms with Crippen molar-refractivity contribution < 1.29 is 14.8 Å². The van der Waals surface area contributed by atoms with E-state index in [9.17, 15) is 15.2 Å². The van der Waals surface area contributed by atoms with E-state index >= 15 is 0 Å². The first-order valence-electron chi connectivity index (χ1n) is 6.21. The number of ether oxygens (including phenoxy) is 1. The molecule has 1 atom stereocenters. The average molecular weight is 288 g/mol. The Kier molecular flexibility index (Phi) is 6.76. The van der Waals surface area contributed by atoms with E-state index in [1.54, 1.807) is 11.0 Å². The zero-order valence-electron chi connectivity index (χ0n) is 11.4. The molecule has 0 saturated heterocycles. The molecule has 0 aliphatic rings. The van der Waals surface area contributed by atoms with Gasteiger partial charge >= 0.3 is 0 Å². The van der Waals surface area contributed by atoms with Gasteiger partial charge in [-0.05, 0) is 6.07 Å². The number of nitro groups is 1. The summed E-state index contributed by atoms with van der Waals surface area (Å²) in [5.74, 6) is 5.23. The summed E-state index contributed by atoms with van der Waals surface area (Å²) >= 11 is 0. The van der Waals surface area contributed by atoms with Gasteiger partial charge in [-0.1, -0.05) is 17.9 Å². The second-order valence-electron chi connectivity index (χ2n) is 4.30. The van der Waals surface area contributed by atoms with Crippen LogP contribution < -0.4 is 4.74 Å². The van der Waals surface area contributed by atoms with Gasteiger partial charge in [-0.3, -0.25) is 15.0 Å². The van der Waals surface area contributed by atoms with Crippen LogP contribution in [0.4, 0.5) is 5.69 Å². The molecule has 1 aromatic rings. The number of nitro benzene ring substituents is 1. The number of benzene rings is 1. The molecule has 1 N–H and O–H groups in total. The molecule has 0 aromatic heterocycles. The molecule has 0 fully saturated rings. The molecule has 0 aliphatic heterocycles.